The first-order chi connectivity index (χ1) is 10.2. The van der Waals surface area contributed by atoms with Gasteiger partial charge < -0.3 is 10.6 Å². The second kappa shape index (κ2) is 8.72. The van der Waals surface area contributed by atoms with E-state index in [2.05, 4.69) is 34.4 Å². The molecule has 0 bridgehead atoms. The molecule has 1 aliphatic rings. The molecule has 7 heteroatoms. The average Bonchev–Trinajstić information content (AvgIpc) is 2.46. The molecule has 0 radical (unpaired) electrons. The van der Waals surface area contributed by atoms with Crippen molar-refractivity contribution < 1.29 is 8.42 Å². The van der Waals surface area contributed by atoms with Crippen molar-refractivity contribution in [2.24, 2.45) is 4.99 Å². The van der Waals surface area contributed by atoms with Gasteiger partial charge in [-0.15, -0.1) is 0 Å². The van der Waals surface area contributed by atoms with Gasteiger partial charge in [-0.05, 0) is 46.2 Å². The zero-order valence-electron chi connectivity index (χ0n) is 14.5. The summed E-state index contributed by atoms with van der Waals surface area (Å²) in [6.45, 7) is 8.25. The zero-order valence-corrected chi connectivity index (χ0v) is 15.3. The highest BCUT2D eigenvalue weighted by Crippen LogP contribution is 2.19. The number of guanidine groups is 1. The minimum absolute atomic E-state index is 0.0881. The Morgan fingerprint density at radius 3 is 2.36 bits per heavy atom. The van der Waals surface area contributed by atoms with E-state index in [0.29, 0.717) is 13.0 Å². The lowest BCUT2D eigenvalue weighted by molar-refractivity contribution is 0.0982. The van der Waals surface area contributed by atoms with Gasteiger partial charge in [0.05, 0.1) is 5.75 Å². The van der Waals surface area contributed by atoms with E-state index in [1.54, 1.807) is 7.05 Å². The standard InChI is InChI=1S/C15H32N4O2S/c1-15(2,19-10-6-5-7-11-19)13-18-14(16-3)17-9-8-12-22(4,20)21/h5-13H2,1-4H3,(H2,16,17,18). The molecule has 1 saturated heterocycles. The lowest BCUT2D eigenvalue weighted by atomic mass is 9.98. The van der Waals surface area contributed by atoms with Gasteiger partial charge in [0.15, 0.2) is 5.96 Å². The molecule has 0 aromatic rings. The molecule has 1 aliphatic heterocycles. The normalized spacial score (nSPS) is 18.3. The van der Waals surface area contributed by atoms with Crippen molar-refractivity contribution in [1.82, 2.24) is 15.5 Å². The third-order valence-electron chi connectivity index (χ3n) is 4.11. The Bertz CT molecular complexity index is 454. The first kappa shape index (κ1) is 19.2. The topological polar surface area (TPSA) is 73.8 Å². The third kappa shape index (κ3) is 7.45. The van der Waals surface area contributed by atoms with Crippen LogP contribution in [0.4, 0.5) is 0 Å². The minimum atomic E-state index is -2.89. The molecule has 1 rings (SSSR count). The van der Waals surface area contributed by atoms with Gasteiger partial charge in [0.1, 0.15) is 9.84 Å². The van der Waals surface area contributed by atoms with Gasteiger partial charge in [0.25, 0.3) is 0 Å². The van der Waals surface area contributed by atoms with Crippen molar-refractivity contribution in [3.63, 3.8) is 0 Å². The number of sulfone groups is 1. The van der Waals surface area contributed by atoms with Crippen molar-refractivity contribution in [3.05, 3.63) is 0 Å². The van der Waals surface area contributed by atoms with Crippen LogP contribution in [0.15, 0.2) is 4.99 Å². The van der Waals surface area contributed by atoms with Gasteiger partial charge >= 0.3 is 0 Å². The van der Waals surface area contributed by atoms with E-state index < -0.39 is 9.84 Å². The fourth-order valence-electron chi connectivity index (χ4n) is 2.67. The number of rotatable bonds is 7. The van der Waals surface area contributed by atoms with Crippen LogP contribution >= 0.6 is 0 Å². The van der Waals surface area contributed by atoms with Gasteiger partial charge in [-0.3, -0.25) is 9.89 Å². The summed E-state index contributed by atoms with van der Waals surface area (Å²) in [4.78, 5) is 6.72. The molecule has 0 aliphatic carbocycles. The van der Waals surface area contributed by atoms with Gasteiger partial charge in [0.2, 0.25) is 0 Å². The Morgan fingerprint density at radius 1 is 1.18 bits per heavy atom. The highest BCUT2D eigenvalue weighted by Gasteiger charge is 2.27. The summed E-state index contributed by atoms with van der Waals surface area (Å²) in [7, 11) is -1.15. The van der Waals surface area contributed by atoms with E-state index >= 15 is 0 Å². The molecule has 1 heterocycles. The maximum Gasteiger partial charge on any atom is 0.191 e. The molecule has 0 unspecified atom stereocenters. The van der Waals surface area contributed by atoms with Crippen LogP contribution in [-0.2, 0) is 9.84 Å². The maximum absolute atomic E-state index is 11.1. The van der Waals surface area contributed by atoms with Crippen LogP contribution < -0.4 is 10.6 Å². The predicted molar refractivity (Wildman–Crippen MR) is 93.2 cm³/mol. The highest BCUT2D eigenvalue weighted by molar-refractivity contribution is 7.90. The molecule has 22 heavy (non-hydrogen) atoms. The minimum Gasteiger partial charge on any atom is -0.356 e. The summed E-state index contributed by atoms with van der Waals surface area (Å²) in [5, 5.41) is 6.53. The predicted octanol–water partition coefficient (Wildman–Crippen LogP) is 0.851. The van der Waals surface area contributed by atoms with Crippen LogP contribution in [0.1, 0.15) is 39.5 Å². The van der Waals surface area contributed by atoms with Crippen LogP contribution in [0.2, 0.25) is 0 Å². The second-order valence-corrected chi connectivity index (χ2v) is 8.96. The Labute approximate surface area is 135 Å². The molecule has 0 atom stereocenters. The van der Waals surface area contributed by atoms with Crippen LogP contribution in [0.3, 0.4) is 0 Å². The average molecular weight is 333 g/mol. The van der Waals surface area contributed by atoms with E-state index in [1.165, 1.54) is 25.5 Å². The van der Waals surface area contributed by atoms with E-state index in [-0.39, 0.29) is 11.3 Å². The molecule has 6 nitrogen and oxygen atoms in total. The zero-order chi connectivity index (χ0) is 16.6. The number of nitrogens with one attached hydrogen (secondary N) is 2. The summed E-state index contributed by atoms with van der Waals surface area (Å²) in [5.74, 6) is 0.939. The number of hydrogen-bond acceptors (Lipinski definition) is 4. The van der Waals surface area contributed by atoms with Crippen LogP contribution in [0, 0.1) is 0 Å². The summed E-state index contributed by atoms with van der Waals surface area (Å²) in [6.07, 6.45) is 5.75. The Balaban J connectivity index is 2.33. The first-order valence-corrected chi connectivity index (χ1v) is 10.2. The number of nitrogens with zero attached hydrogens (tertiary/aromatic N) is 2. The Morgan fingerprint density at radius 2 is 1.82 bits per heavy atom. The second-order valence-electron chi connectivity index (χ2n) is 6.70. The number of hydrogen-bond donors (Lipinski definition) is 2. The fourth-order valence-corrected chi connectivity index (χ4v) is 3.34. The smallest absolute Gasteiger partial charge is 0.191 e. The Hall–Kier alpha value is -0.820. The van der Waals surface area contributed by atoms with Crippen molar-refractivity contribution in [3.8, 4) is 0 Å². The SMILES string of the molecule is CN=C(NCCCS(C)(=O)=O)NCC(C)(C)N1CCCCC1. The molecule has 0 amide bonds. The van der Waals surface area contributed by atoms with Crippen molar-refractivity contribution in [1.29, 1.82) is 0 Å². The van der Waals surface area contributed by atoms with E-state index in [0.717, 1.165) is 25.6 Å². The van der Waals surface area contributed by atoms with Crippen molar-refractivity contribution in [2.45, 2.75) is 45.1 Å². The van der Waals surface area contributed by atoms with E-state index in [9.17, 15) is 8.42 Å². The molecule has 0 aromatic carbocycles. The highest BCUT2D eigenvalue weighted by atomic mass is 32.2. The van der Waals surface area contributed by atoms with Gasteiger partial charge in [-0.25, -0.2) is 8.42 Å². The molecule has 2 N–H and O–H groups in total. The molecule has 130 valence electrons. The summed E-state index contributed by atoms with van der Waals surface area (Å²) < 4.78 is 22.2. The van der Waals surface area contributed by atoms with Gasteiger partial charge in [-0.1, -0.05) is 6.42 Å². The largest absolute Gasteiger partial charge is 0.356 e. The molecule has 0 spiro atoms. The number of aliphatic imine (C=N–C) groups is 1. The summed E-state index contributed by atoms with van der Waals surface area (Å²) in [5.41, 5.74) is 0.0881. The van der Waals surface area contributed by atoms with Crippen molar-refractivity contribution in [2.75, 3.05) is 45.2 Å². The van der Waals surface area contributed by atoms with Crippen LogP contribution in [-0.4, -0.2) is 70.1 Å². The molecular weight excluding hydrogens is 300 g/mol. The molecular formula is C15H32N4O2S. The quantitative estimate of drug-likeness (QED) is 0.411. The van der Waals surface area contributed by atoms with E-state index in [1.807, 2.05) is 0 Å². The molecule has 0 aromatic heterocycles. The lowest BCUT2D eigenvalue weighted by Gasteiger charge is -2.41. The summed E-state index contributed by atoms with van der Waals surface area (Å²) in [6, 6.07) is 0. The van der Waals surface area contributed by atoms with Crippen LogP contribution in [0.25, 0.3) is 0 Å². The number of likely N-dealkylation sites (tertiary alicyclic amines) is 1. The molecule has 0 saturated carbocycles. The first-order valence-electron chi connectivity index (χ1n) is 8.12. The third-order valence-corrected chi connectivity index (χ3v) is 5.14. The Kier molecular flexibility index (Phi) is 7.62. The van der Waals surface area contributed by atoms with Crippen molar-refractivity contribution >= 4 is 15.8 Å². The van der Waals surface area contributed by atoms with Gasteiger partial charge in [0, 0.05) is 31.9 Å². The lowest BCUT2D eigenvalue weighted by Crippen LogP contribution is -2.54. The molecule has 1 fully saturated rings. The van der Waals surface area contributed by atoms with Gasteiger partial charge in [-0.2, -0.15) is 0 Å². The maximum atomic E-state index is 11.1. The number of piperidine rings is 1. The summed E-state index contributed by atoms with van der Waals surface area (Å²) >= 11 is 0. The fraction of sp³-hybridized carbons (Fsp3) is 0.933. The van der Waals surface area contributed by atoms with Crippen LogP contribution in [0.5, 0.6) is 0 Å². The monoisotopic (exact) mass is 332 g/mol. The van der Waals surface area contributed by atoms with E-state index in [4.69, 9.17) is 0 Å².